The Kier molecular flexibility index (Phi) is 5.96. The van der Waals surface area contributed by atoms with Crippen LogP contribution in [0.25, 0.3) is 0 Å². The Morgan fingerprint density at radius 2 is 2.32 bits per heavy atom. The van der Waals surface area contributed by atoms with E-state index in [-0.39, 0.29) is 5.91 Å². The van der Waals surface area contributed by atoms with E-state index in [9.17, 15) is 4.79 Å². The quantitative estimate of drug-likeness (QED) is 0.476. The van der Waals surface area contributed by atoms with E-state index in [1.165, 1.54) is 0 Å². The van der Waals surface area contributed by atoms with Gasteiger partial charge in [-0.3, -0.25) is 4.79 Å². The SMILES string of the molecule is O=C(c1cc(I)ccc1Br)N1CCCC1CCCCl. The van der Waals surface area contributed by atoms with Gasteiger partial charge in [-0.1, -0.05) is 0 Å². The predicted molar refractivity (Wildman–Crippen MR) is 90.9 cm³/mol. The van der Waals surface area contributed by atoms with Crippen molar-refractivity contribution in [3.63, 3.8) is 0 Å². The molecule has 1 saturated heterocycles. The van der Waals surface area contributed by atoms with Crippen LogP contribution in [0.1, 0.15) is 36.0 Å². The number of amides is 1. The fourth-order valence-electron chi connectivity index (χ4n) is 2.53. The van der Waals surface area contributed by atoms with Crippen molar-refractivity contribution in [1.82, 2.24) is 4.90 Å². The molecule has 0 radical (unpaired) electrons. The second-order valence-corrected chi connectivity index (χ2v) is 7.23. The first kappa shape index (κ1) is 15.6. The summed E-state index contributed by atoms with van der Waals surface area (Å²) < 4.78 is 1.96. The molecule has 104 valence electrons. The summed E-state index contributed by atoms with van der Waals surface area (Å²) in [4.78, 5) is 14.7. The third-order valence-corrected chi connectivity index (χ3v) is 5.10. The molecule has 19 heavy (non-hydrogen) atoms. The van der Waals surface area contributed by atoms with Crippen LogP contribution >= 0.6 is 50.1 Å². The third-order valence-electron chi connectivity index (χ3n) is 3.47. The van der Waals surface area contributed by atoms with E-state index in [0.29, 0.717) is 11.9 Å². The van der Waals surface area contributed by atoms with Gasteiger partial charge in [-0.25, -0.2) is 0 Å². The number of carbonyl (C=O) groups excluding carboxylic acids is 1. The molecule has 0 aromatic heterocycles. The molecule has 0 saturated carbocycles. The van der Waals surface area contributed by atoms with Crippen molar-refractivity contribution in [2.24, 2.45) is 0 Å². The Morgan fingerprint density at radius 3 is 3.05 bits per heavy atom. The average Bonchev–Trinajstić information content (AvgIpc) is 2.86. The highest BCUT2D eigenvalue weighted by Gasteiger charge is 2.29. The largest absolute Gasteiger partial charge is 0.336 e. The summed E-state index contributed by atoms with van der Waals surface area (Å²) in [6, 6.07) is 6.25. The van der Waals surface area contributed by atoms with Crippen molar-refractivity contribution in [3.05, 3.63) is 31.8 Å². The number of rotatable bonds is 4. The van der Waals surface area contributed by atoms with E-state index in [4.69, 9.17) is 11.6 Å². The summed E-state index contributed by atoms with van der Waals surface area (Å²) in [5.41, 5.74) is 0.768. The lowest BCUT2D eigenvalue weighted by Gasteiger charge is -2.25. The van der Waals surface area contributed by atoms with Gasteiger partial charge in [0.1, 0.15) is 0 Å². The highest BCUT2D eigenvalue weighted by Crippen LogP contribution is 2.27. The molecule has 5 heteroatoms. The zero-order valence-corrected chi connectivity index (χ0v) is 15.0. The minimum absolute atomic E-state index is 0.141. The monoisotopic (exact) mass is 455 g/mol. The second kappa shape index (κ2) is 7.27. The van der Waals surface area contributed by atoms with E-state index in [1.807, 2.05) is 23.1 Å². The third kappa shape index (κ3) is 3.85. The van der Waals surface area contributed by atoms with E-state index in [0.717, 1.165) is 45.8 Å². The lowest BCUT2D eigenvalue weighted by atomic mass is 10.1. The summed E-state index contributed by atoms with van der Waals surface area (Å²) in [5, 5.41) is 0. The lowest BCUT2D eigenvalue weighted by Crippen LogP contribution is -2.35. The summed E-state index contributed by atoms with van der Waals surface area (Å²) in [7, 11) is 0. The minimum Gasteiger partial charge on any atom is -0.336 e. The Hall–Kier alpha value is 0.190. The highest BCUT2D eigenvalue weighted by atomic mass is 127. The van der Waals surface area contributed by atoms with Crippen LogP contribution in [0.3, 0.4) is 0 Å². The first-order valence-electron chi connectivity index (χ1n) is 6.45. The normalized spacial score (nSPS) is 18.9. The maximum atomic E-state index is 12.7. The number of hydrogen-bond donors (Lipinski definition) is 0. The van der Waals surface area contributed by atoms with Gasteiger partial charge < -0.3 is 4.90 Å². The van der Waals surface area contributed by atoms with Gasteiger partial charge in [0.05, 0.1) is 5.56 Å². The number of nitrogens with zero attached hydrogens (tertiary/aromatic N) is 1. The second-order valence-electron chi connectivity index (χ2n) is 4.75. The Balaban J connectivity index is 2.16. The molecule has 1 unspecified atom stereocenters. The molecule has 0 bridgehead atoms. The van der Waals surface area contributed by atoms with Crippen LogP contribution in [-0.2, 0) is 0 Å². The fraction of sp³-hybridized carbons (Fsp3) is 0.500. The van der Waals surface area contributed by atoms with Gasteiger partial charge in [-0.2, -0.15) is 0 Å². The van der Waals surface area contributed by atoms with Crippen molar-refractivity contribution in [3.8, 4) is 0 Å². The molecule has 1 amide bonds. The van der Waals surface area contributed by atoms with E-state index < -0.39 is 0 Å². The van der Waals surface area contributed by atoms with Crippen LogP contribution in [-0.4, -0.2) is 29.3 Å². The van der Waals surface area contributed by atoms with Crippen molar-refractivity contribution in [2.45, 2.75) is 31.7 Å². The molecule has 1 aromatic carbocycles. The van der Waals surface area contributed by atoms with Gasteiger partial charge in [0.15, 0.2) is 0 Å². The number of likely N-dealkylation sites (tertiary alicyclic amines) is 1. The van der Waals surface area contributed by atoms with Crippen molar-refractivity contribution < 1.29 is 4.79 Å². The van der Waals surface area contributed by atoms with E-state index in [1.54, 1.807) is 0 Å². The van der Waals surface area contributed by atoms with Crippen LogP contribution in [0.4, 0.5) is 0 Å². The zero-order chi connectivity index (χ0) is 13.8. The Morgan fingerprint density at radius 1 is 1.53 bits per heavy atom. The minimum atomic E-state index is 0.141. The fourth-order valence-corrected chi connectivity index (χ4v) is 3.59. The Bertz CT molecular complexity index is 469. The molecule has 1 fully saturated rings. The van der Waals surface area contributed by atoms with Gasteiger partial charge in [0, 0.05) is 26.5 Å². The number of benzene rings is 1. The van der Waals surface area contributed by atoms with Crippen molar-refractivity contribution >= 4 is 56.0 Å². The molecule has 1 aromatic rings. The summed E-state index contributed by atoms with van der Waals surface area (Å²) in [6.07, 6.45) is 4.19. The number of hydrogen-bond acceptors (Lipinski definition) is 1. The Labute approximate surface area is 141 Å². The van der Waals surface area contributed by atoms with E-state index in [2.05, 4.69) is 38.5 Å². The molecule has 1 aliphatic rings. The van der Waals surface area contributed by atoms with E-state index >= 15 is 0 Å². The van der Waals surface area contributed by atoms with Gasteiger partial charge in [-0.05, 0) is 82.4 Å². The first-order chi connectivity index (χ1) is 9.13. The number of carbonyl (C=O) groups is 1. The van der Waals surface area contributed by atoms with Crippen molar-refractivity contribution in [2.75, 3.05) is 12.4 Å². The maximum absolute atomic E-state index is 12.7. The molecule has 1 atom stereocenters. The molecule has 1 aliphatic heterocycles. The molecule has 0 N–H and O–H groups in total. The van der Waals surface area contributed by atoms with Crippen LogP contribution in [0, 0.1) is 3.57 Å². The number of halogens is 3. The van der Waals surface area contributed by atoms with Gasteiger partial charge in [0.25, 0.3) is 5.91 Å². The van der Waals surface area contributed by atoms with Crippen LogP contribution in [0.5, 0.6) is 0 Å². The molecular formula is C14H16BrClINO. The van der Waals surface area contributed by atoms with Gasteiger partial charge in [0.2, 0.25) is 0 Å². The standard InChI is InChI=1S/C14H16BrClINO/c15-13-6-5-10(17)9-12(13)14(19)18-8-2-4-11(18)3-1-7-16/h5-6,9,11H,1-4,7-8H2. The van der Waals surface area contributed by atoms with Crippen LogP contribution in [0.2, 0.25) is 0 Å². The lowest BCUT2D eigenvalue weighted by molar-refractivity contribution is 0.0729. The smallest absolute Gasteiger partial charge is 0.255 e. The summed E-state index contributed by atoms with van der Waals surface area (Å²) in [5.74, 6) is 0.813. The molecule has 0 spiro atoms. The van der Waals surface area contributed by atoms with Crippen LogP contribution < -0.4 is 0 Å². The number of alkyl halides is 1. The molecule has 0 aliphatic carbocycles. The maximum Gasteiger partial charge on any atom is 0.255 e. The highest BCUT2D eigenvalue weighted by molar-refractivity contribution is 14.1. The van der Waals surface area contributed by atoms with Crippen LogP contribution in [0.15, 0.2) is 22.7 Å². The zero-order valence-electron chi connectivity index (χ0n) is 10.5. The first-order valence-corrected chi connectivity index (χ1v) is 8.86. The van der Waals surface area contributed by atoms with Crippen molar-refractivity contribution in [1.29, 1.82) is 0 Å². The summed E-state index contributed by atoms with van der Waals surface area (Å²) in [6.45, 7) is 0.865. The average molecular weight is 457 g/mol. The molecule has 2 rings (SSSR count). The van der Waals surface area contributed by atoms with Gasteiger partial charge in [-0.15, -0.1) is 11.6 Å². The predicted octanol–water partition coefficient (Wildman–Crippen LogP) is 4.68. The molecule has 1 heterocycles. The van der Waals surface area contributed by atoms with Gasteiger partial charge >= 0.3 is 0 Å². The summed E-state index contributed by atoms with van der Waals surface area (Å²) >= 11 is 11.5. The molecular weight excluding hydrogens is 440 g/mol. The molecule has 2 nitrogen and oxygen atoms in total. The topological polar surface area (TPSA) is 20.3 Å².